The standard InChI is InChI=1S/C36H20F8N2/c37-29-25(15-19-7-11-45-12-8-19)30(38)34(42)27(33(29)41)23-5-1-3-21(17-23)22-4-2-6-24(18-22)28-35(43)31(39)26(32(40)36(28)44)16-20-9-13-46-14-10-20/h1-14,17-18H,15-16H2. The number of hydrogen-bond donors (Lipinski definition) is 0. The van der Waals surface area contributed by atoms with Crippen molar-refractivity contribution in [2.75, 3.05) is 0 Å². The molecular weight excluding hydrogens is 612 g/mol. The lowest BCUT2D eigenvalue weighted by atomic mass is 9.93. The topological polar surface area (TPSA) is 25.8 Å². The van der Waals surface area contributed by atoms with Gasteiger partial charge in [0.15, 0.2) is 46.5 Å². The van der Waals surface area contributed by atoms with Crippen LogP contribution < -0.4 is 0 Å². The van der Waals surface area contributed by atoms with Crippen molar-refractivity contribution in [2.45, 2.75) is 12.8 Å². The molecule has 0 amide bonds. The first kappa shape index (κ1) is 30.6. The van der Waals surface area contributed by atoms with Crippen LogP contribution in [0.3, 0.4) is 0 Å². The molecule has 0 atom stereocenters. The normalized spacial score (nSPS) is 11.2. The SMILES string of the molecule is Fc1c(F)c(-c2cccc(-c3cccc(-c4c(F)c(F)c(Cc5ccncc5)c(F)c4F)c3)c2)c(F)c(F)c1Cc1ccncc1. The number of hydrogen-bond acceptors (Lipinski definition) is 2. The molecule has 46 heavy (non-hydrogen) atoms. The van der Waals surface area contributed by atoms with Crippen LogP contribution in [-0.4, -0.2) is 9.97 Å². The highest BCUT2D eigenvalue weighted by Crippen LogP contribution is 2.38. The molecule has 0 aliphatic rings. The van der Waals surface area contributed by atoms with Crippen molar-refractivity contribution < 1.29 is 35.1 Å². The molecule has 0 spiro atoms. The maximum atomic E-state index is 15.3. The van der Waals surface area contributed by atoms with Gasteiger partial charge in [-0.1, -0.05) is 36.4 Å². The first-order chi connectivity index (χ1) is 22.2. The highest BCUT2D eigenvalue weighted by Gasteiger charge is 2.28. The molecule has 0 bridgehead atoms. The highest BCUT2D eigenvalue weighted by atomic mass is 19.2. The van der Waals surface area contributed by atoms with Gasteiger partial charge < -0.3 is 0 Å². The monoisotopic (exact) mass is 632 g/mol. The molecule has 0 saturated carbocycles. The largest absolute Gasteiger partial charge is 0.265 e. The van der Waals surface area contributed by atoms with Gasteiger partial charge in [0.25, 0.3) is 0 Å². The number of aromatic nitrogens is 2. The summed E-state index contributed by atoms with van der Waals surface area (Å²) >= 11 is 0. The fourth-order valence-electron chi connectivity index (χ4n) is 5.29. The van der Waals surface area contributed by atoms with Gasteiger partial charge in [-0.05, 0) is 69.8 Å². The maximum Gasteiger partial charge on any atom is 0.170 e. The van der Waals surface area contributed by atoms with Crippen LogP contribution in [0.15, 0.2) is 97.6 Å². The van der Waals surface area contributed by atoms with E-state index in [1.165, 1.54) is 97.6 Å². The van der Waals surface area contributed by atoms with Crippen LogP contribution in [0.2, 0.25) is 0 Å². The first-order valence-electron chi connectivity index (χ1n) is 13.8. The second-order valence-electron chi connectivity index (χ2n) is 10.4. The van der Waals surface area contributed by atoms with Crippen LogP contribution in [-0.2, 0) is 12.8 Å². The van der Waals surface area contributed by atoms with Crippen molar-refractivity contribution in [2.24, 2.45) is 0 Å². The van der Waals surface area contributed by atoms with E-state index in [2.05, 4.69) is 9.97 Å². The predicted molar refractivity (Wildman–Crippen MR) is 156 cm³/mol. The molecule has 2 aromatic heterocycles. The van der Waals surface area contributed by atoms with Crippen molar-refractivity contribution >= 4 is 0 Å². The minimum Gasteiger partial charge on any atom is -0.265 e. The second-order valence-corrected chi connectivity index (χ2v) is 10.4. The van der Waals surface area contributed by atoms with Gasteiger partial charge >= 0.3 is 0 Å². The van der Waals surface area contributed by atoms with E-state index in [-0.39, 0.29) is 22.3 Å². The number of benzene rings is 4. The Morgan fingerprint density at radius 2 is 0.674 bits per heavy atom. The Balaban J connectivity index is 1.38. The van der Waals surface area contributed by atoms with Gasteiger partial charge in [0.05, 0.1) is 11.1 Å². The van der Waals surface area contributed by atoms with Gasteiger partial charge in [0, 0.05) is 48.8 Å². The number of nitrogens with zero attached hydrogens (tertiary/aromatic N) is 2. The molecule has 0 saturated heterocycles. The molecular formula is C36H20F8N2. The summed E-state index contributed by atoms with van der Waals surface area (Å²) in [6.45, 7) is 0. The van der Waals surface area contributed by atoms with Gasteiger partial charge in [0.1, 0.15) is 0 Å². The van der Waals surface area contributed by atoms with Gasteiger partial charge in [-0.15, -0.1) is 0 Å². The number of pyridine rings is 2. The van der Waals surface area contributed by atoms with Gasteiger partial charge in [-0.3, -0.25) is 9.97 Å². The van der Waals surface area contributed by atoms with E-state index in [0.717, 1.165) is 0 Å². The van der Waals surface area contributed by atoms with Crippen molar-refractivity contribution in [1.29, 1.82) is 0 Å². The average molecular weight is 633 g/mol. The van der Waals surface area contributed by atoms with E-state index in [4.69, 9.17) is 0 Å². The van der Waals surface area contributed by atoms with Crippen molar-refractivity contribution in [3.8, 4) is 33.4 Å². The molecule has 0 fully saturated rings. The Morgan fingerprint density at radius 1 is 0.370 bits per heavy atom. The third-order valence-electron chi connectivity index (χ3n) is 7.60. The highest BCUT2D eigenvalue weighted by molar-refractivity contribution is 5.78. The molecule has 6 aromatic rings. The van der Waals surface area contributed by atoms with Crippen LogP contribution in [0.5, 0.6) is 0 Å². The number of rotatable bonds is 7. The molecule has 2 nitrogen and oxygen atoms in total. The van der Waals surface area contributed by atoms with Crippen molar-refractivity contribution in [3.63, 3.8) is 0 Å². The summed E-state index contributed by atoms with van der Waals surface area (Å²) in [5.74, 6) is -12.6. The zero-order valence-corrected chi connectivity index (χ0v) is 23.6. The third kappa shape index (κ3) is 5.62. The summed E-state index contributed by atoms with van der Waals surface area (Å²) in [6.07, 6.45) is 4.67. The quantitative estimate of drug-likeness (QED) is 0.129. The predicted octanol–water partition coefficient (Wildman–Crippen LogP) is 9.77. The van der Waals surface area contributed by atoms with Crippen LogP contribution in [0.1, 0.15) is 22.3 Å². The summed E-state index contributed by atoms with van der Waals surface area (Å²) < 4.78 is 122. The van der Waals surface area contributed by atoms with E-state index in [9.17, 15) is 0 Å². The average Bonchev–Trinajstić information content (AvgIpc) is 3.08. The van der Waals surface area contributed by atoms with E-state index in [1.807, 2.05) is 0 Å². The van der Waals surface area contributed by atoms with E-state index in [0.29, 0.717) is 11.1 Å². The fraction of sp³-hybridized carbons (Fsp3) is 0.0556. The van der Waals surface area contributed by atoms with E-state index >= 15 is 35.1 Å². The first-order valence-corrected chi connectivity index (χ1v) is 13.8. The summed E-state index contributed by atoms with van der Waals surface area (Å²) in [7, 11) is 0. The van der Waals surface area contributed by atoms with Crippen LogP contribution in [0.4, 0.5) is 35.1 Å². The van der Waals surface area contributed by atoms with Crippen molar-refractivity contribution in [3.05, 3.63) is 166 Å². The third-order valence-corrected chi connectivity index (χ3v) is 7.60. The van der Waals surface area contributed by atoms with Crippen molar-refractivity contribution in [1.82, 2.24) is 9.97 Å². The van der Waals surface area contributed by atoms with E-state index < -0.39 is 81.6 Å². The molecule has 0 aliphatic heterocycles. The number of halogens is 8. The van der Waals surface area contributed by atoms with Crippen LogP contribution in [0, 0.1) is 46.5 Å². The van der Waals surface area contributed by atoms with E-state index in [1.54, 1.807) is 0 Å². The molecule has 0 N–H and O–H groups in total. The Kier molecular flexibility index (Phi) is 8.36. The Morgan fingerprint density at radius 3 is 1.00 bits per heavy atom. The zero-order chi connectivity index (χ0) is 32.5. The molecule has 0 radical (unpaired) electrons. The fourth-order valence-corrected chi connectivity index (χ4v) is 5.29. The Hall–Kier alpha value is -5.38. The van der Waals surface area contributed by atoms with Gasteiger partial charge in [-0.2, -0.15) is 0 Å². The lowest BCUT2D eigenvalue weighted by Gasteiger charge is -2.15. The molecule has 0 aliphatic carbocycles. The summed E-state index contributed by atoms with van der Waals surface area (Å²) in [4.78, 5) is 7.60. The Labute approximate surface area is 257 Å². The Bertz CT molecular complexity index is 1870. The molecule has 10 heteroatoms. The maximum absolute atomic E-state index is 15.3. The van der Waals surface area contributed by atoms with Gasteiger partial charge in [-0.25, -0.2) is 35.1 Å². The lowest BCUT2D eigenvalue weighted by Crippen LogP contribution is -2.07. The lowest BCUT2D eigenvalue weighted by molar-refractivity contribution is 0.446. The van der Waals surface area contributed by atoms with Gasteiger partial charge in [0.2, 0.25) is 0 Å². The van der Waals surface area contributed by atoms with Crippen LogP contribution >= 0.6 is 0 Å². The summed E-state index contributed by atoms with van der Waals surface area (Å²) in [5.41, 5.74) is -2.67. The summed E-state index contributed by atoms with van der Waals surface area (Å²) in [6, 6.07) is 16.5. The molecule has 4 aromatic carbocycles. The minimum atomic E-state index is -1.60. The molecule has 230 valence electrons. The molecule has 6 rings (SSSR count). The second kappa shape index (κ2) is 12.5. The zero-order valence-electron chi connectivity index (χ0n) is 23.6. The summed E-state index contributed by atoms with van der Waals surface area (Å²) in [5, 5.41) is 0. The minimum absolute atomic E-state index is 0.221. The molecule has 0 unspecified atom stereocenters. The van der Waals surface area contributed by atoms with Crippen LogP contribution in [0.25, 0.3) is 33.4 Å². The smallest absolute Gasteiger partial charge is 0.170 e. The molecule has 2 heterocycles.